The zero-order chi connectivity index (χ0) is 16.9. The van der Waals surface area contributed by atoms with Crippen molar-refractivity contribution in [1.29, 1.82) is 5.26 Å². The number of nitrogens with zero attached hydrogens (tertiary/aromatic N) is 1. The van der Waals surface area contributed by atoms with Crippen LogP contribution in [-0.2, 0) is 4.79 Å². The molecule has 5 nitrogen and oxygen atoms in total. The minimum Gasteiger partial charge on any atom is -0.347 e. The van der Waals surface area contributed by atoms with Crippen LogP contribution < -0.4 is 10.6 Å². The van der Waals surface area contributed by atoms with Gasteiger partial charge in [0.05, 0.1) is 23.7 Å². The molecule has 120 valence electrons. The van der Waals surface area contributed by atoms with Crippen molar-refractivity contribution in [2.24, 2.45) is 0 Å². The van der Waals surface area contributed by atoms with Crippen LogP contribution in [0.3, 0.4) is 0 Å². The second-order valence-corrected chi connectivity index (χ2v) is 5.76. The molecule has 2 amide bonds. The van der Waals surface area contributed by atoms with Gasteiger partial charge in [-0.3, -0.25) is 9.59 Å². The van der Waals surface area contributed by atoms with E-state index in [4.69, 9.17) is 5.26 Å². The summed E-state index contributed by atoms with van der Waals surface area (Å²) in [6.07, 6.45) is 0.981. The second kappa shape index (κ2) is 6.97. The first-order valence-corrected chi connectivity index (χ1v) is 7.83. The van der Waals surface area contributed by atoms with E-state index in [1.807, 2.05) is 36.4 Å². The smallest absolute Gasteiger partial charge is 0.251 e. The molecule has 1 aliphatic heterocycles. The molecule has 1 saturated heterocycles. The Morgan fingerprint density at radius 2 is 1.83 bits per heavy atom. The third-order valence-corrected chi connectivity index (χ3v) is 4.15. The number of rotatable bonds is 3. The highest BCUT2D eigenvalue weighted by Crippen LogP contribution is 2.24. The molecule has 0 spiro atoms. The Bertz CT molecular complexity index is 779. The van der Waals surface area contributed by atoms with Gasteiger partial charge in [-0.15, -0.1) is 0 Å². The Labute approximate surface area is 140 Å². The monoisotopic (exact) mass is 319 g/mol. The molecule has 0 aromatic heterocycles. The first-order valence-electron chi connectivity index (χ1n) is 7.83. The molecular weight excluding hydrogens is 302 g/mol. The van der Waals surface area contributed by atoms with E-state index >= 15 is 0 Å². The van der Waals surface area contributed by atoms with Crippen LogP contribution in [0.2, 0.25) is 0 Å². The lowest BCUT2D eigenvalue weighted by molar-refractivity contribution is -0.123. The van der Waals surface area contributed by atoms with Crippen molar-refractivity contribution in [2.75, 3.05) is 0 Å². The molecule has 0 aliphatic carbocycles. The summed E-state index contributed by atoms with van der Waals surface area (Å²) in [5.41, 5.74) is 1.98. The summed E-state index contributed by atoms with van der Waals surface area (Å²) < 4.78 is 0. The van der Waals surface area contributed by atoms with E-state index < -0.39 is 0 Å². The molecule has 2 aromatic carbocycles. The molecule has 24 heavy (non-hydrogen) atoms. The molecule has 2 aromatic rings. The summed E-state index contributed by atoms with van der Waals surface area (Å²) in [5, 5.41) is 14.8. The highest BCUT2D eigenvalue weighted by molar-refractivity contribution is 5.94. The molecule has 0 saturated carbocycles. The van der Waals surface area contributed by atoms with Crippen LogP contribution in [-0.4, -0.2) is 17.9 Å². The number of carbonyl (C=O) groups is 2. The van der Waals surface area contributed by atoms with E-state index in [9.17, 15) is 9.59 Å². The number of hydrogen-bond acceptors (Lipinski definition) is 3. The van der Waals surface area contributed by atoms with Gasteiger partial charge in [0.2, 0.25) is 5.91 Å². The Hall–Kier alpha value is -3.13. The largest absolute Gasteiger partial charge is 0.347 e. The molecular formula is C19H17N3O2. The SMILES string of the molecule is N#Cc1ccc(C(=O)N[C@H]2CCC(=O)N[C@H]2c2ccccc2)cc1. The normalized spacial score (nSPS) is 19.9. The number of amides is 2. The van der Waals surface area contributed by atoms with Gasteiger partial charge in [-0.1, -0.05) is 30.3 Å². The van der Waals surface area contributed by atoms with Gasteiger partial charge in [0.1, 0.15) is 0 Å². The summed E-state index contributed by atoms with van der Waals surface area (Å²) >= 11 is 0. The Morgan fingerprint density at radius 3 is 2.50 bits per heavy atom. The van der Waals surface area contributed by atoms with Crippen molar-refractivity contribution in [2.45, 2.75) is 24.9 Å². The minimum atomic E-state index is -0.241. The van der Waals surface area contributed by atoms with Crippen molar-refractivity contribution in [1.82, 2.24) is 10.6 Å². The quantitative estimate of drug-likeness (QED) is 0.911. The number of nitrogens with one attached hydrogen (secondary N) is 2. The molecule has 0 radical (unpaired) electrons. The van der Waals surface area contributed by atoms with Crippen molar-refractivity contribution in [3.05, 3.63) is 71.3 Å². The Balaban J connectivity index is 1.77. The number of carbonyl (C=O) groups excluding carboxylic acids is 2. The van der Waals surface area contributed by atoms with Crippen molar-refractivity contribution in [3.63, 3.8) is 0 Å². The molecule has 1 fully saturated rings. The van der Waals surface area contributed by atoms with Gasteiger partial charge in [-0.2, -0.15) is 5.26 Å². The van der Waals surface area contributed by atoms with E-state index in [0.29, 0.717) is 24.0 Å². The van der Waals surface area contributed by atoms with E-state index in [0.717, 1.165) is 5.56 Å². The molecule has 0 unspecified atom stereocenters. The zero-order valence-electron chi connectivity index (χ0n) is 13.0. The van der Waals surface area contributed by atoms with E-state index in [2.05, 4.69) is 10.6 Å². The summed E-state index contributed by atoms with van der Waals surface area (Å²) in [6.45, 7) is 0. The van der Waals surface area contributed by atoms with Crippen LogP contribution >= 0.6 is 0 Å². The molecule has 2 N–H and O–H groups in total. The fourth-order valence-electron chi connectivity index (χ4n) is 2.88. The van der Waals surface area contributed by atoms with Gasteiger partial charge >= 0.3 is 0 Å². The lowest BCUT2D eigenvalue weighted by Gasteiger charge is -2.33. The Morgan fingerprint density at radius 1 is 1.12 bits per heavy atom. The Kier molecular flexibility index (Phi) is 4.57. The molecule has 1 heterocycles. The molecule has 0 bridgehead atoms. The molecule has 1 aliphatic rings. The first kappa shape index (κ1) is 15.8. The maximum absolute atomic E-state index is 12.5. The van der Waals surface area contributed by atoms with Gasteiger partial charge in [0.25, 0.3) is 5.91 Å². The van der Waals surface area contributed by atoms with Crippen LogP contribution in [0, 0.1) is 11.3 Å². The van der Waals surface area contributed by atoms with E-state index in [-0.39, 0.29) is 23.9 Å². The van der Waals surface area contributed by atoms with Crippen molar-refractivity contribution < 1.29 is 9.59 Å². The highest BCUT2D eigenvalue weighted by atomic mass is 16.2. The van der Waals surface area contributed by atoms with Crippen LogP contribution in [0.5, 0.6) is 0 Å². The zero-order valence-corrected chi connectivity index (χ0v) is 13.0. The maximum atomic E-state index is 12.5. The number of hydrogen-bond donors (Lipinski definition) is 2. The molecule has 5 heteroatoms. The predicted octanol–water partition coefficient (Wildman–Crippen LogP) is 2.31. The first-order chi connectivity index (χ1) is 11.7. The van der Waals surface area contributed by atoms with Crippen LogP contribution in [0.1, 0.15) is 40.4 Å². The predicted molar refractivity (Wildman–Crippen MR) is 89.0 cm³/mol. The van der Waals surface area contributed by atoms with Crippen LogP contribution in [0.4, 0.5) is 0 Å². The standard InChI is InChI=1S/C19H17N3O2/c20-12-13-6-8-15(9-7-13)19(24)21-16-10-11-17(23)22-18(16)14-4-2-1-3-5-14/h1-9,16,18H,10-11H2,(H,21,24)(H,22,23)/t16-,18-/m0/s1. The summed E-state index contributed by atoms with van der Waals surface area (Å²) in [5.74, 6) is -0.214. The lowest BCUT2D eigenvalue weighted by Crippen LogP contribution is -2.50. The topological polar surface area (TPSA) is 82.0 Å². The van der Waals surface area contributed by atoms with Gasteiger partial charge in [-0.25, -0.2) is 0 Å². The summed E-state index contributed by atoms with van der Waals surface area (Å²) in [4.78, 5) is 24.2. The number of benzene rings is 2. The average Bonchev–Trinajstić information content (AvgIpc) is 2.64. The highest BCUT2D eigenvalue weighted by Gasteiger charge is 2.31. The maximum Gasteiger partial charge on any atom is 0.251 e. The molecule has 3 rings (SSSR count). The van der Waals surface area contributed by atoms with Gasteiger partial charge < -0.3 is 10.6 Å². The van der Waals surface area contributed by atoms with Crippen LogP contribution in [0.25, 0.3) is 0 Å². The van der Waals surface area contributed by atoms with Gasteiger partial charge in [0.15, 0.2) is 0 Å². The summed E-state index contributed by atoms with van der Waals surface area (Å²) in [6, 6.07) is 17.7. The number of piperidine rings is 1. The average molecular weight is 319 g/mol. The van der Waals surface area contributed by atoms with Crippen LogP contribution in [0.15, 0.2) is 54.6 Å². The fraction of sp³-hybridized carbons (Fsp3) is 0.211. The molecule has 2 atom stereocenters. The van der Waals surface area contributed by atoms with E-state index in [1.165, 1.54) is 0 Å². The van der Waals surface area contributed by atoms with E-state index in [1.54, 1.807) is 24.3 Å². The minimum absolute atomic E-state index is 0.00674. The lowest BCUT2D eigenvalue weighted by atomic mass is 9.91. The second-order valence-electron chi connectivity index (χ2n) is 5.76. The van der Waals surface area contributed by atoms with Gasteiger partial charge in [0, 0.05) is 12.0 Å². The van der Waals surface area contributed by atoms with Gasteiger partial charge in [-0.05, 0) is 36.2 Å². The fourth-order valence-corrected chi connectivity index (χ4v) is 2.88. The third-order valence-electron chi connectivity index (χ3n) is 4.15. The third kappa shape index (κ3) is 3.44. The van der Waals surface area contributed by atoms with Crippen molar-refractivity contribution in [3.8, 4) is 6.07 Å². The summed E-state index contributed by atoms with van der Waals surface area (Å²) in [7, 11) is 0. The van der Waals surface area contributed by atoms with Crippen molar-refractivity contribution >= 4 is 11.8 Å². The number of nitriles is 1.